The van der Waals surface area contributed by atoms with E-state index in [9.17, 15) is 0 Å². The second-order valence-electron chi connectivity index (χ2n) is 5.26. The Morgan fingerprint density at radius 2 is 2.00 bits per heavy atom. The van der Waals surface area contributed by atoms with Crippen molar-refractivity contribution in [1.82, 2.24) is 15.5 Å². The molecule has 1 saturated heterocycles. The summed E-state index contributed by atoms with van der Waals surface area (Å²) >= 11 is 1.96. The van der Waals surface area contributed by atoms with Crippen molar-refractivity contribution in [2.45, 2.75) is 50.5 Å². The van der Waals surface area contributed by atoms with Crippen LogP contribution >= 0.6 is 11.8 Å². The van der Waals surface area contributed by atoms with Crippen molar-refractivity contribution in [2.75, 3.05) is 18.1 Å². The molecule has 1 unspecified atom stereocenters. The van der Waals surface area contributed by atoms with Gasteiger partial charge in [0, 0.05) is 24.0 Å². The molecule has 0 bridgehead atoms. The highest BCUT2D eigenvalue weighted by Gasteiger charge is 2.24. The molecule has 1 saturated carbocycles. The van der Waals surface area contributed by atoms with E-state index in [1.54, 1.807) is 0 Å². The predicted octanol–water partition coefficient (Wildman–Crippen LogP) is 2.88. The number of nitrogens with zero attached hydrogens (tertiary/aromatic N) is 2. The van der Waals surface area contributed by atoms with Crippen molar-refractivity contribution in [2.24, 2.45) is 0 Å². The first-order valence-electron chi connectivity index (χ1n) is 7.08. The van der Waals surface area contributed by atoms with Crippen LogP contribution in [0.5, 0.6) is 0 Å². The molecule has 1 atom stereocenters. The van der Waals surface area contributed by atoms with E-state index in [1.807, 2.05) is 11.8 Å². The van der Waals surface area contributed by atoms with E-state index in [-0.39, 0.29) is 6.04 Å². The number of aromatic nitrogens is 2. The van der Waals surface area contributed by atoms with Gasteiger partial charge in [0.1, 0.15) is 0 Å². The highest BCUT2D eigenvalue weighted by Crippen LogP contribution is 2.31. The van der Waals surface area contributed by atoms with Crippen LogP contribution in [-0.2, 0) is 0 Å². The van der Waals surface area contributed by atoms with Gasteiger partial charge in [0.15, 0.2) is 5.82 Å². The maximum Gasteiger partial charge on any atom is 0.244 e. The zero-order valence-electron chi connectivity index (χ0n) is 10.7. The van der Waals surface area contributed by atoms with E-state index >= 15 is 0 Å². The molecule has 0 aromatic carbocycles. The van der Waals surface area contributed by atoms with Crippen molar-refractivity contribution in [1.29, 1.82) is 0 Å². The van der Waals surface area contributed by atoms with Crippen LogP contribution in [0.25, 0.3) is 0 Å². The highest BCUT2D eigenvalue weighted by molar-refractivity contribution is 7.99. The van der Waals surface area contributed by atoms with Crippen LogP contribution in [0.4, 0.5) is 0 Å². The van der Waals surface area contributed by atoms with Gasteiger partial charge in [-0.05, 0) is 12.8 Å². The van der Waals surface area contributed by atoms with Crippen LogP contribution in [0.15, 0.2) is 4.52 Å². The molecule has 2 heterocycles. The molecule has 1 aromatic heterocycles. The van der Waals surface area contributed by atoms with Gasteiger partial charge in [-0.2, -0.15) is 16.7 Å². The fourth-order valence-electron chi connectivity index (χ4n) is 2.82. The van der Waals surface area contributed by atoms with Gasteiger partial charge in [-0.3, -0.25) is 0 Å². The van der Waals surface area contributed by atoms with Gasteiger partial charge < -0.3 is 9.84 Å². The Morgan fingerprint density at radius 1 is 1.17 bits per heavy atom. The Labute approximate surface area is 112 Å². The van der Waals surface area contributed by atoms with Crippen LogP contribution in [0, 0.1) is 0 Å². The van der Waals surface area contributed by atoms with E-state index in [1.165, 1.54) is 44.3 Å². The average molecular weight is 267 g/mol. The fraction of sp³-hybridized carbons (Fsp3) is 0.846. The van der Waals surface area contributed by atoms with E-state index in [2.05, 4.69) is 15.5 Å². The smallest absolute Gasteiger partial charge is 0.244 e. The summed E-state index contributed by atoms with van der Waals surface area (Å²) in [6.07, 6.45) is 7.81. The number of rotatable bonds is 2. The monoisotopic (exact) mass is 267 g/mol. The van der Waals surface area contributed by atoms with Crippen molar-refractivity contribution in [3.8, 4) is 0 Å². The van der Waals surface area contributed by atoms with Crippen LogP contribution in [0.1, 0.15) is 62.2 Å². The number of thioether (sulfide) groups is 1. The molecule has 1 N–H and O–H groups in total. The first-order valence-corrected chi connectivity index (χ1v) is 8.23. The average Bonchev–Trinajstić information content (AvgIpc) is 2.76. The van der Waals surface area contributed by atoms with Gasteiger partial charge in [-0.15, -0.1) is 0 Å². The predicted molar refractivity (Wildman–Crippen MR) is 72.8 cm³/mol. The standard InChI is InChI=1S/C13H21N3OS/c1-2-4-6-10(5-3-1)12-15-13(17-16-12)11-9-18-8-7-14-11/h10-11,14H,1-9H2. The lowest BCUT2D eigenvalue weighted by Gasteiger charge is -2.19. The Morgan fingerprint density at radius 3 is 2.72 bits per heavy atom. The van der Waals surface area contributed by atoms with Crippen molar-refractivity contribution < 1.29 is 4.52 Å². The SMILES string of the molecule is C1CCCC(c2noc(C3CSCCN3)n2)CC1. The van der Waals surface area contributed by atoms with Crippen LogP contribution in [-0.4, -0.2) is 28.2 Å². The summed E-state index contributed by atoms with van der Waals surface area (Å²) in [7, 11) is 0. The quantitative estimate of drug-likeness (QED) is 0.835. The topological polar surface area (TPSA) is 51.0 Å². The first-order chi connectivity index (χ1) is 8.93. The maximum absolute atomic E-state index is 5.46. The molecule has 0 spiro atoms. The Kier molecular flexibility index (Phi) is 4.20. The summed E-state index contributed by atoms with van der Waals surface area (Å²) < 4.78 is 5.46. The third-order valence-electron chi connectivity index (χ3n) is 3.90. The van der Waals surface area contributed by atoms with Crippen LogP contribution in [0.3, 0.4) is 0 Å². The van der Waals surface area contributed by atoms with Crippen LogP contribution < -0.4 is 5.32 Å². The molecule has 2 fully saturated rings. The third-order valence-corrected chi connectivity index (χ3v) is 4.96. The second-order valence-corrected chi connectivity index (χ2v) is 6.41. The second kappa shape index (κ2) is 6.06. The van der Waals surface area contributed by atoms with Gasteiger partial charge >= 0.3 is 0 Å². The van der Waals surface area contributed by atoms with Gasteiger partial charge in [0.25, 0.3) is 0 Å². The molecule has 18 heavy (non-hydrogen) atoms. The Balaban J connectivity index is 1.67. The highest BCUT2D eigenvalue weighted by atomic mass is 32.2. The minimum Gasteiger partial charge on any atom is -0.338 e. The maximum atomic E-state index is 5.46. The lowest BCUT2D eigenvalue weighted by molar-refractivity contribution is 0.335. The molecule has 3 rings (SSSR count). The van der Waals surface area contributed by atoms with Crippen molar-refractivity contribution in [3.63, 3.8) is 0 Å². The molecule has 1 aliphatic heterocycles. The molecule has 2 aliphatic rings. The third kappa shape index (κ3) is 2.88. The number of nitrogens with one attached hydrogen (secondary N) is 1. The Bertz CT molecular complexity index is 368. The van der Waals surface area contributed by atoms with E-state index in [4.69, 9.17) is 4.52 Å². The Hall–Kier alpha value is -0.550. The van der Waals surface area contributed by atoms with Crippen molar-refractivity contribution in [3.05, 3.63) is 11.7 Å². The number of hydrogen-bond donors (Lipinski definition) is 1. The molecule has 4 nitrogen and oxygen atoms in total. The minimum atomic E-state index is 0.260. The summed E-state index contributed by atoms with van der Waals surface area (Å²) in [5, 5.41) is 7.67. The molecule has 1 aliphatic carbocycles. The summed E-state index contributed by atoms with van der Waals surface area (Å²) in [6, 6.07) is 0.260. The van der Waals surface area contributed by atoms with Gasteiger partial charge in [0.05, 0.1) is 6.04 Å². The molecule has 5 heteroatoms. The normalized spacial score (nSPS) is 27.0. The summed E-state index contributed by atoms with van der Waals surface area (Å²) in [5.74, 6) is 4.50. The van der Waals surface area contributed by atoms with Gasteiger partial charge in [0.2, 0.25) is 5.89 Å². The minimum absolute atomic E-state index is 0.260. The molecule has 100 valence electrons. The van der Waals surface area contributed by atoms with E-state index in [0.29, 0.717) is 5.92 Å². The summed E-state index contributed by atoms with van der Waals surface area (Å²) in [5.41, 5.74) is 0. The zero-order valence-corrected chi connectivity index (χ0v) is 11.5. The lowest BCUT2D eigenvalue weighted by atomic mass is 10.00. The lowest BCUT2D eigenvalue weighted by Crippen LogP contribution is -2.30. The zero-order chi connectivity index (χ0) is 12.2. The van der Waals surface area contributed by atoms with Crippen LogP contribution in [0.2, 0.25) is 0 Å². The number of hydrogen-bond acceptors (Lipinski definition) is 5. The van der Waals surface area contributed by atoms with E-state index < -0.39 is 0 Å². The fourth-order valence-corrected chi connectivity index (χ4v) is 3.74. The summed E-state index contributed by atoms with van der Waals surface area (Å²) in [6.45, 7) is 1.04. The van der Waals surface area contributed by atoms with Crippen molar-refractivity contribution >= 4 is 11.8 Å². The molecular formula is C13H21N3OS. The molecular weight excluding hydrogens is 246 g/mol. The summed E-state index contributed by atoms with van der Waals surface area (Å²) in [4.78, 5) is 4.65. The van der Waals surface area contributed by atoms with Gasteiger partial charge in [-0.25, -0.2) is 0 Å². The largest absolute Gasteiger partial charge is 0.338 e. The molecule has 1 aromatic rings. The molecule has 0 radical (unpaired) electrons. The molecule has 0 amide bonds. The van der Waals surface area contributed by atoms with Gasteiger partial charge in [-0.1, -0.05) is 30.8 Å². The first kappa shape index (κ1) is 12.5. The van der Waals surface area contributed by atoms with E-state index in [0.717, 1.165) is 24.0 Å².